The number of nitrogens with zero attached hydrogens (tertiary/aromatic N) is 2. The van der Waals surface area contributed by atoms with Gasteiger partial charge in [0.2, 0.25) is 0 Å². The van der Waals surface area contributed by atoms with Gasteiger partial charge in [-0.25, -0.2) is 0 Å². The average molecular weight is 284 g/mol. The molecule has 0 aliphatic heterocycles. The van der Waals surface area contributed by atoms with E-state index in [0.29, 0.717) is 17.9 Å². The Bertz CT molecular complexity index is 460. The molecule has 0 aromatic heterocycles. The molecule has 2 rings (SSSR count). The van der Waals surface area contributed by atoms with Gasteiger partial charge in [0.25, 0.3) is 0 Å². The third-order valence-corrected chi connectivity index (χ3v) is 4.73. The van der Waals surface area contributed by atoms with Gasteiger partial charge in [0.1, 0.15) is 0 Å². The second-order valence-electron chi connectivity index (χ2n) is 6.71. The van der Waals surface area contributed by atoms with Crippen molar-refractivity contribution in [2.45, 2.75) is 52.0 Å². The van der Waals surface area contributed by atoms with Gasteiger partial charge in [0, 0.05) is 12.6 Å². The van der Waals surface area contributed by atoms with Crippen LogP contribution in [0.1, 0.15) is 51.5 Å². The minimum absolute atomic E-state index is 0.198. The lowest BCUT2D eigenvalue weighted by Gasteiger charge is -2.40. The van der Waals surface area contributed by atoms with Crippen LogP contribution in [0.4, 0.5) is 0 Å². The van der Waals surface area contributed by atoms with Crippen LogP contribution in [0, 0.1) is 23.2 Å². The van der Waals surface area contributed by atoms with Crippen LogP contribution in [0.2, 0.25) is 0 Å². The van der Waals surface area contributed by atoms with Gasteiger partial charge in [0.05, 0.1) is 12.0 Å². The van der Waals surface area contributed by atoms with Crippen LogP contribution in [0.5, 0.6) is 0 Å². The van der Waals surface area contributed by atoms with Crippen LogP contribution < -0.4 is 0 Å². The molecule has 1 aliphatic carbocycles. The Morgan fingerprint density at radius 2 is 1.95 bits per heavy atom. The Labute approximate surface area is 129 Å². The highest BCUT2D eigenvalue weighted by Gasteiger charge is 2.34. The summed E-state index contributed by atoms with van der Waals surface area (Å²) in [5.74, 6) is 1.46. The molecule has 0 bridgehead atoms. The zero-order valence-electron chi connectivity index (χ0n) is 13.6. The summed E-state index contributed by atoms with van der Waals surface area (Å²) < 4.78 is 0. The Balaban J connectivity index is 2.14. The third-order valence-electron chi connectivity index (χ3n) is 4.73. The molecular weight excluding hydrogens is 256 g/mol. The Hall–Kier alpha value is -1.33. The first-order valence-electron chi connectivity index (χ1n) is 8.34. The second kappa shape index (κ2) is 7.61. The standard InChI is InChI=1S/C19H28N2/c1-4-21(14-15(2)3)19-12-17(10-11-18(19)13-20)16-8-6-5-7-9-16/h5-9,15,17-19H,4,10-12,14H2,1-3H3. The van der Waals surface area contributed by atoms with E-state index in [2.05, 4.69) is 62.1 Å². The molecule has 1 aromatic rings. The molecule has 0 amide bonds. The monoisotopic (exact) mass is 284 g/mol. The van der Waals surface area contributed by atoms with E-state index in [1.165, 1.54) is 5.56 Å². The number of rotatable bonds is 5. The lowest BCUT2D eigenvalue weighted by atomic mass is 9.75. The summed E-state index contributed by atoms with van der Waals surface area (Å²) in [5.41, 5.74) is 1.44. The summed E-state index contributed by atoms with van der Waals surface area (Å²) in [6.45, 7) is 8.90. The van der Waals surface area contributed by atoms with Gasteiger partial charge in [-0.05, 0) is 43.2 Å². The minimum atomic E-state index is 0.198. The first-order valence-corrected chi connectivity index (χ1v) is 8.34. The molecule has 1 aliphatic rings. The quantitative estimate of drug-likeness (QED) is 0.799. The number of nitriles is 1. The van der Waals surface area contributed by atoms with E-state index < -0.39 is 0 Å². The molecule has 0 heterocycles. The predicted octanol–water partition coefficient (Wildman–Crippen LogP) is 4.44. The maximum atomic E-state index is 9.52. The zero-order valence-corrected chi connectivity index (χ0v) is 13.6. The Kier molecular flexibility index (Phi) is 5.82. The van der Waals surface area contributed by atoms with Gasteiger partial charge in [-0.3, -0.25) is 4.90 Å². The lowest BCUT2D eigenvalue weighted by molar-refractivity contribution is 0.110. The second-order valence-corrected chi connectivity index (χ2v) is 6.71. The van der Waals surface area contributed by atoms with Crippen molar-refractivity contribution in [2.24, 2.45) is 11.8 Å². The minimum Gasteiger partial charge on any atom is -0.299 e. The van der Waals surface area contributed by atoms with Crippen LogP contribution in [0.3, 0.4) is 0 Å². The fourth-order valence-corrected chi connectivity index (χ4v) is 3.70. The van der Waals surface area contributed by atoms with Crippen molar-refractivity contribution < 1.29 is 0 Å². The maximum absolute atomic E-state index is 9.52. The molecule has 1 aromatic carbocycles. The molecule has 2 nitrogen and oxygen atoms in total. The van der Waals surface area contributed by atoms with Crippen LogP contribution in [0.15, 0.2) is 30.3 Å². The van der Waals surface area contributed by atoms with Crippen molar-refractivity contribution in [2.75, 3.05) is 13.1 Å². The predicted molar refractivity (Wildman–Crippen MR) is 88.0 cm³/mol. The molecule has 0 saturated heterocycles. The van der Waals surface area contributed by atoms with Crippen molar-refractivity contribution in [3.8, 4) is 6.07 Å². The van der Waals surface area contributed by atoms with E-state index in [1.807, 2.05) is 0 Å². The van der Waals surface area contributed by atoms with E-state index in [1.54, 1.807) is 0 Å². The lowest BCUT2D eigenvalue weighted by Crippen LogP contribution is -2.45. The van der Waals surface area contributed by atoms with Gasteiger partial charge < -0.3 is 0 Å². The van der Waals surface area contributed by atoms with Crippen molar-refractivity contribution in [3.63, 3.8) is 0 Å². The fourth-order valence-electron chi connectivity index (χ4n) is 3.70. The van der Waals surface area contributed by atoms with Crippen molar-refractivity contribution in [3.05, 3.63) is 35.9 Å². The molecule has 114 valence electrons. The van der Waals surface area contributed by atoms with E-state index in [-0.39, 0.29) is 5.92 Å². The molecule has 3 unspecified atom stereocenters. The van der Waals surface area contributed by atoms with Crippen LogP contribution in [0.25, 0.3) is 0 Å². The fraction of sp³-hybridized carbons (Fsp3) is 0.632. The topological polar surface area (TPSA) is 27.0 Å². The SMILES string of the molecule is CCN(CC(C)C)C1CC(c2ccccc2)CCC1C#N. The molecular formula is C19H28N2. The van der Waals surface area contributed by atoms with E-state index >= 15 is 0 Å². The van der Waals surface area contributed by atoms with Crippen LogP contribution in [-0.2, 0) is 0 Å². The summed E-state index contributed by atoms with van der Waals surface area (Å²) in [7, 11) is 0. The number of hydrogen-bond acceptors (Lipinski definition) is 2. The molecule has 1 fully saturated rings. The van der Waals surface area contributed by atoms with Crippen molar-refractivity contribution in [1.29, 1.82) is 5.26 Å². The molecule has 0 N–H and O–H groups in total. The zero-order chi connectivity index (χ0) is 15.2. The Morgan fingerprint density at radius 1 is 1.24 bits per heavy atom. The highest BCUT2D eigenvalue weighted by atomic mass is 15.2. The van der Waals surface area contributed by atoms with E-state index in [4.69, 9.17) is 0 Å². The normalized spacial score (nSPS) is 26.0. The first-order chi connectivity index (χ1) is 10.2. The largest absolute Gasteiger partial charge is 0.299 e. The first kappa shape index (κ1) is 16.0. The molecule has 0 radical (unpaired) electrons. The molecule has 21 heavy (non-hydrogen) atoms. The molecule has 3 atom stereocenters. The molecule has 2 heteroatoms. The number of hydrogen-bond donors (Lipinski definition) is 0. The smallest absolute Gasteiger partial charge is 0.0672 e. The molecule has 0 spiro atoms. The third kappa shape index (κ3) is 4.08. The van der Waals surface area contributed by atoms with E-state index in [0.717, 1.165) is 32.4 Å². The van der Waals surface area contributed by atoms with Gasteiger partial charge in [-0.1, -0.05) is 51.1 Å². The van der Waals surface area contributed by atoms with Crippen molar-refractivity contribution in [1.82, 2.24) is 4.90 Å². The summed E-state index contributed by atoms with van der Waals surface area (Å²) in [6, 6.07) is 13.8. The van der Waals surface area contributed by atoms with Crippen LogP contribution >= 0.6 is 0 Å². The average Bonchev–Trinajstić information content (AvgIpc) is 2.52. The van der Waals surface area contributed by atoms with Gasteiger partial charge in [-0.2, -0.15) is 5.26 Å². The van der Waals surface area contributed by atoms with E-state index in [9.17, 15) is 5.26 Å². The Morgan fingerprint density at radius 3 is 2.52 bits per heavy atom. The maximum Gasteiger partial charge on any atom is 0.0672 e. The van der Waals surface area contributed by atoms with Crippen molar-refractivity contribution >= 4 is 0 Å². The summed E-state index contributed by atoms with van der Waals surface area (Å²) in [4.78, 5) is 2.54. The number of benzene rings is 1. The van der Waals surface area contributed by atoms with Gasteiger partial charge in [0.15, 0.2) is 0 Å². The summed E-state index contributed by atoms with van der Waals surface area (Å²) in [6.07, 6.45) is 3.32. The van der Waals surface area contributed by atoms with Gasteiger partial charge >= 0.3 is 0 Å². The molecule has 1 saturated carbocycles. The highest BCUT2D eigenvalue weighted by molar-refractivity contribution is 5.21. The summed E-state index contributed by atoms with van der Waals surface area (Å²) >= 11 is 0. The van der Waals surface area contributed by atoms with Crippen LogP contribution in [-0.4, -0.2) is 24.0 Å². The highest BCUT2D eigenvalue weighted by Crippen LogP contribution is 2.38. The summed E-state index contributed by atoms with van der Waals surface area (Å²) in [5, 5.41) is 9.52. The van der Waals surface area contributed by atoms with Gasteiger partial charge in [-0.15, -0.1) is 0 Å².